The Morgan fingerprint density at radius 2 is 2.12 bits per heavy atom. The van der Waals surface area contributed by atoms with E-state index in [1.807, 2.05) is 0 Å². The molecule has 1 aliphatic rings. The van der Waals surface area contributed by atoms with Crippen LogP contribution >= 0.6 is 0 Å². The minimum Gasteiger partial charge on any atom is -0.480 e. The summed E-state index contributed by atoms with van der Waals surface area (Å²) in [5.41, 5.74) is 6.39. The molecule has 0 fully saturated rings. The molecule has 1 unspecified atom stereocenters. The van der Waals surface area contributed by atoms with Crippen molar-refractivity contribution in [1.82, 2.24) is 30.6 Å². The number of allylic oxidation sites excluding steroid dienone is 2. The van der Waals surface area contributed by atoms with Crippen LogP contribution in [0.15, 0.2) is 34.9 Å². The van der Waals surface area contributed by atoms with Crippen LogP contribution in [0.25, 0.3) is 11.2 Å². The van der Waals surface area contributed by atoms with Crippen molar-refractivity contribution in [2.75, 3.05) is 12.5 Å². The lowest BCUT2D eigenvalue weighted by Gasteiger charge is -2.20. The maximum absolute atomic E-state index is 12.5. The number of nitrogens with one attached hydrogen (secondary N) is 3. The highest BCUT2D eigenvalue weighted by atomic mass is 16.6. The molecule has 0 radical (unpaired) electrons. The molecule has 0 aromatic carbocycles. The first-order valence-corrected chi connectivity index (χ1v) is 10.2. The van der Waals surface area contributed by atoms with Gasteiger partial charge in [-0.25, -0.2) is 14.8 Å². The van der Waals surface area contributed by atoms with Crippen LogP contribution in [-0.4, -0.2) is 60.8 Å². The van der Waals surface area contributed by atoms with E-state index in [2.05, 4.69) is 35.3 Å². The quantitative estimate of drug-likeness (QED) is 0.175. The van der Waals surface area contributed by atoms with Gasteiger partial charge in [0.2, 0.25) is 11.9 Å². The molecule has 0 spiro atoms. The number of amides is 1. The Kier molecular flexibility index (Phi) is 7.87. The molecular formula is C20H23N7O7. The van der Waals surface area contributed by atoms with Crippen molar-refractivity contribution in [2.45, 2.75) is 31.8 Å². The van der Waals surface area contributed by atoms with Gasteiger partial charge in [0.15, 0.2) is 18.0 Å². The monoisotopic (exact) mass is 473 g/mol. The fourth-order valence-electron chi connectivity index (χ4n) is 3.14. The van der Waals surface area contributed by atoms with Crippen LogP contribution in [0, 0.1) is 5.92 Å². The van der Waals surface area contributed by atoms with E-state index in [9.17, 15) is 24.3 Å². The number of nitrogens with zero attached hydrogens (tertiary/aromatic N) is 3. The van der Waals surface area contributed by atoms with Crippen molar-refractivity contribution in [2.24, 2.45) is 5.92 Å². The highest BCUT2D eigenvalue weighted by Crippen LogP contribution is 2.16. The van der Waals surface area contributed by atoms with Gasteiger partial charge in [0.05, 0.1) is 24.4 Å². The van der Waals surface area contributed by atoms with Crippen LogP contribution in [0.3, 0.4) is 0 Å². The molecular weight excluding hydrogens is 450 g/mol. The third kappa shape index (κ3) is 6.35. The number of aromatic amines is 1. The van der Waals surface area contributed by atoms with Crippen LogP contribution in [-0.2, 0) is 25.7 Å². The van der Waals surface area contributed by atoms with E-state index >= 15 is 0 Å². The largest absolute Gasteiger partial charge is 0.480 e. The van der Waals surface area contributed by atoms with Crippen molar-refractivity contribution in [3.8, 4) is 0 Å². The maximum atomic E-state index is 12.5. The number of aliphatic hydroxyl groups excluding tert-OH is 1. The number of nitrogens with two attached hydrogens (primary N) is 1. The highest BCUT2D eigenvalue weighted by Gasteiger charge is 2.25. The fraction of sp³-hybridized carbons (Fsp3) is 0.350. The normalized spacial score (nSPS) is 15.9. The molecule has 2 aromatic rings. The predicted molar refractivity (Wildman–Crippen MR) is 117 cm³/mol. The Balaban J connectivity index is 1.52. The minimum atomic E-state index is -1.28. The summed E-state index contributed by atoms with van der Waals surface area (Å²) in [6, 6.07) is -1.27. The summed E-state index contributed by atoms with van der Waals surface area (Å²) in [6.45, 7) is -0.540. The molecule has 1 amide bonds. The first-order chi connectivity index (χ1) is 16.3. The summed E-state index contributed by atoms with van der Waals surface area (Å²) in [5, 5.41) is 23.3. The second-order valence-corrected chi connectivity index (χ2v) is 7.28. The summed E-state index contributed by atoms with van der Waals surface area (Å²) >= 11 is 0. The number of carbonyl (C=O) groups is 3. The van der Waals surface area contributed by atoms with Gasteiger partial charge in [0, 0.05) is 12.1 Å². The number of aromatic nitrogens is 4. The number of aliphatic carboxylic acids is 1. The second-order valence-electron chi connectivity index (χ2n) is 7.28. The van der Waals surface area contributed by atoms with Gasteiger partial charge in [-0.3, -0.25) is 19.4 Å². The lowest BCUT2D eigenvalue weighted by atomic mass is 9.97. The smallest absolute Gasteiger partial charge is 0.326 e. The van der Waals surface area contributed by atoms with E-state index in [1.54, 1.807) is 18.2 Å². The Hall–Kier alpha value is -4.33. The topological polar surface area (TPSA) is 223 Å². The molecule has 0 bridgehead atoms. The van der Waals surface area contributed by atoms with Gasteiger partial charge in [0.1, 0.15) is 6.04 Å². The molecule has 180 valence electrons. The summed E-state index contributed by atoms with van der Waals surface area (Å²) < 4.78 is 4.34. The van der Waals surface area contributed by atoms with Gasteiger partial charge in [-0.15, -0.1) is 0 Å². The number of H-pyrrole nitrogens is 1. The fourth-order valence-corrected chi connectivity index (χ4v) is 3.14. The van der Waals surface area contributed by atoms with Gasteiger partial charge < -0.3 is 31.3 Å². The van der Waals surface area contributed by atoms with Gasteiger partial charge >= 0.3 is 11.9 Å². The van der Waals surface area contributed by atoms with E-state index < -0.39 is 42.2 Å². The molecule has 3 rings (SSSR count). The van der Waals surface area contributed by atoms with E-state index in [0.717, 1.165) is 0 Å². The molecule has 14 nitrogen and oxygen atoms in total. The number of hydrogen-bond acceptors (Lipinski definition) is 11. The molecule has 34 heavy (non-hydrogen) atoms. The zero-order valence-electron chi connectivity index (χ0n) is 17.9. The molecule has 2 atom stereocenters. The van der Waals surface area contributed by atoms with E-state index in [-0.39, 0.29) is 36.5 Å². The number of hydrogen-bond donors (Lipinski definition) is 6. The van der Waals surface area contributed by atoms with Crippen LogP contribution < -0.4 is 21.9 Å². The Labute approximate surface area is 192 Å². The Morgan fingerprint density at radius 3 is 2.79 bits per heavy atom. The van der Waals surface area contributed by atoms with Crippen LogP contribution in [0.5, 0.6) is 0 Å². The number of esters is 1. The SMILES string of the molecule is Nc1nc2ncc(CNC3=CCC(C(=O)N[C@@H](CCC(=O)OCO)C(=O)O)C=C3)nc2c(=O)[nH]1. The first-order valence-electron chi connectivity index (χ1n) is 10.2. The average molecular weight is 473 g/mol. The van der Waals surface area contributed by atoms with Crippen molar-refractivity contribution in [3.05, 3.63) is 46.2 Å². The molecule has 14 heteroatoms. The van der Waals surface area contributed by atoms with E-state index in [0.29, 0.717) is 17.8 Å². The molecule has 1 aliphatic carbocycles. The maximum Gasteiger partial charge on any atom is 0.326 e. The number of carboxylic acids is 1. The number of ether oxygens (including phenoxy) is 1. The molecule has 2 heterocycles. The van der Waals surface area contributed by atoms with Gasteiger partial charge in [-0.2, -0.15) is 4.98 Å². The van der Waals surface area contributed by atoms with Crippen LogP contribution in [0.2, 0.25) is 0 Å². The van der Waals surface area contributed by atoms with Gasteiger partial charge in [0.25, 0.3) is 5.56 Å². The molecule has 0 saturated carbocycles. The Morgan fingerprint density at radius 1 is 1.32 bits per heavy atom. The average Bonchev–Trinajstić information content (AvgIpc) is 2.80. The first kappa shape index (κ1) is 24.3. The minimum absolute atomic E-state index is 0.0485. The van der Waals surface area contributed by atoms with Crippen LogP contribution in [0.1, 0.15) is 25.0 Å². The Bertz CT molecular complexity index is 1210. The van der Waals surface area contributed by atoms with Crippen molar-refractivity contribution >= 4 is 35.0 Å². The number of anilines is 1. The van der Waals surface area contributed by atoms with Crippen molar-refractivity contribution in [1.29, 1.82) is 0 Å². The zero-order valence-corrected chi connectivity index (χ0v) is 17.9. The standard InChI is InChI=1S/C20H23N7O7/c21-20-26-16-15(18(31)27-20)24-12(8-23-16)7-22-11-3-1-10(2-4-11)17(30)25-13(19(32)33)5-6-14(29)34-9-28/h1,3-4,8,10,13,22,28H,2,5-7,9H2,(H,25,30)(H,32,33)(H3,21,23,26,27,31)/t10?,13-/m0/s1. The highest BCUT2D eigenvalue weighted by molar-refractivity contribution is 5.86. The lowest BCUT2D eigenvalue weighted by molar-refractivity contribution is -0.152. The number of aliphatic hydroxyl groups is 1. The summed E-state index contributed by atoms with van der Waals surface area (Å²) in [4.78, 5) is 61.7. The number of rotatable bonds is 10. The van der Waals surface area contributed by atoms with Gasteiger partial charge in [-0.1, -0.05) is 12.2 Å². The molecule has 0 aliphatic heterocycles. The molecule has 7 N–H and O–H groups in total. The third-order valence-corrected chi connectivity index (χ3v) is 4.87. The lowest BCUT2D eigenvalue weighted by Crippen LogP contribution is -2.43. The summed E-state index contributed by atoms with van der Waals surface area (Å²) in [6.07, 6.45) is 6.41. The summed E-state index contributed by atoms with van der Waals surface area (Å²) in [5.74, 6) is -3.18. The zero-order chi connectivity index (χ0) is 24.7. The van der Waals surface area contributed by atoms with Crippen molar-refractivity contribution < 1.29 is 29.3 Å². The van der Waals surface area contributed by atoms with E-state index in [1.165, 1.54) is 6.20 Å². The third-order valence-electron chi connectivity index (χ3n) is 4.87. The van der Waals surface area contributed by atoms with Gasteiger partial charge in [-0.05, 0) is 18.9 Å². The molecule has 0 saturated heterocycles. The van der Waals surface area contributed by atoms with E-state index in [4.69, 9.17) is 10.8 Å². The number of carbonyl (C=O) groups excluding carboxylic acids is 2. The van der Waals surface area contributed by atoms with Crippen molar-refractivity contribution in [3.63, 3.8) is 0 Å². The van der Waals surface area contributed by atoms with Crippen LogP contribution in [0.4, 0.5) is 5.95 Å². The predicted octanol–water partition coefficient (Wildman–Crippen LogP) is -1.31. The molecule has 2 aromatic heterocycles. The number of nitrogen functional groups attached to an aromatic ring is 1. The summed E-state index contributed by atoms with van der Waals surface area (Å²) in [7, 11) is 0. The number of fused-ring (bicyclic) bond motifs is 1. The second kappa shape index (κ2) is 11.0. The number of carboxylic acid groups (broad SMARTS) is 1.